The highest BCUT2D eigenvalue weighted by Crippen LogP contribution is 2.03. The van der Waals surface area contributed by atoms with E-state index < -0.39 is 11.9 Å². The first kappa shape index (κ1) is 14.4. The van der Waals surface area contributed by atoms with Gasteiger partial charge < -0.3 is 10.2 Å². The van der Waals surface area contributed by atoms with Gasteiger partial charge in [-0.1, -0.05) is 11.6 Å². The van der Waals surface area contributed by atoms with Gasteiger partial charge >= 0.3 is 0 Å². The Balaban J connectivity index is 2.68. The molecule has 1 atom stereocenters. The normalized spacial score (nSPS) is 11.8. The zero-order valence-electron chi connectivity index (χ0n) is 10.5. The summed E-state index contributed by atoms with van der Waals surface area (Å²) in [7, 11) is 1.67. The fourth-order valence-corrected chi connectivity index (χ4v) is 1.42. The first-order valence-corrected chi connectivity index (χ1v) is 5.87. The molecule has 0 spiro atoms. The lowest BCUT2D eigenvalue weighted by molar-refractivity contribution is -0.131. The van der Waals surface area contributed by atoms with Gasteiger partial charge in [-0.3, -0.25) is 14.6 Å². The highest BCUT2D eigenvalue weighted by molar-refractivity contribution is 6.29. The SMILES string of the molecule is CCN(C)C(=O)C(C)NC(=O)c1cncc(Cl)n1. The molecule has 0 saturated carbocycles. The molecule has 0 aliphatic heterocycles. The fourth-order valence-electron chi connectivity index (χ4n) is 1.27. The lowest BCUT2D eigenvalue weighted by Crippen LogP contribution is -2.45. The third kappa shape index (κ3) is 3.66. The summed E-state index contributed by atoms with van der Waals surface area (Å²) in [6.07, 6.45) is 2.62. The molecule has 2 amide bonds. The molecule has 1 rings (SSSR count). The van der Waals surface area contributed by atoms with Crippen LogP contribution in [0, 0.1) is 0 Å². The summed E-state index contributed by atoms with van der Waals surface area (Å²) in [4.78, 5) is 32.6. The van der Waals surface area contributed by atoms with Crippen LogP contribution in [0.15, 0.2) is 12.4 Å². The smallest absolute Gasteiger partial charge is 0.272 e. The van der Waals surface area contributed by atoms with Crippen molar-refractivity contribution in [3.63, 3.8) is 0 Å². The first-order chi connectivity index (χ1) is 8.45. The van der Waals surface area contributed by atoms with Gasteiger partial charge in [-0.15, -0.1) is 0 Å². The van der Waals surface area contributed by atoms with Crippen molar-refractivity contribution < 1.29 is 9.59 Å². The van der Waals surface area contributed by atoms with Gasteiger partial charge in [-0.2, -0.15) is 0 Å². The molecule has 6 nitrogen and oxygen atoms in total. The largest absolute Gasteiger partial charge is 0.344 e. The van der Waals surface area contributed by atoms with Crippen molar-refractivity contribution in [1.29, 1.82) is 0 Å². The molecule has 1 aromatic heterocycles. The lowest BCUT2D eigenvalue weighted by Gasteiger charge is -2.20. The van der Waals surface area contributed by atoms with E-state index in [4.69, 9.17) is 11.6 Å². The van der Waals surface area contributed by atoms with Gasteiger partial charge in [0.1, 0.15) is 16.9 Å². The monoisotopic (exact) mass is 270 g/mol. The maximum Gasteiger partial charge on any atom is 0.272 e. The van der Waals surface area contributed by atoms with Crippen molar-refractivity contribution in [3.05, 3.63) is 23.2 Å². The van der Waals surface area contributed by atoms with Crippen LogP contribution >= 0.6 is 11.6 Å². The van der Waals surface area contributed by atoms with Gasteiger partial charge in [0.05, 0.1) is 12.4 Å². The Morgan fingerprint density at radius 1 is 1.50 bits per heavy atom. The molecule has 1 unspecified atom stereocenters. The molecule has 0 bridgehead atoms. The van der Waals surface area contributed by atoms with Gasteiger partial charge in [-0.05, 0) is 13.8 Å². The van der Waals surface area contributed by atoms with E-state index in [0.29, 0.717) is 6.54 Å². The maximum atomic E-state index is 11.8. The number of aromatic nitrogens is 2. The van der Waals surface area contributed by atoms with Gasteiger partial charge in [-0.25, -0.2) is 4.98 Å². The third-order valence-corrected chi connectivity index (χ3v) is 2.59. The van der Waals surface area contributed by atoms with Gasteiger partial charge in [0.15, 0.2) is 0 Å². The van der Waals surface area contributed by atoms with E-state index in [0.717, 1.165) is 0 Å². The molecule has 1 heterocycles. The third-order valence-electron chi connectivity index (χ3n) is 2.41. The summed E-state index contributed by atoms with van der Waals surface area (Å²) in [6.45, 7) is 4.05. The number of rotatable bonds is 4. The van der Waals surface area contributed by atoms with Crippen molar-refractivity contribution >= 4 is 23.4 Å². The number of nitrogens with one attached hydrogen (secondary N) is 1. The minimum absolute atomic E-state index is 0.0845. The Labute approximate surface area is 110 Å². The van der Waals surface area contributed by atoms with Crippen LogP contribution in [0.2, 0.25) is 5.15 Å². The summed E-state index contributed by atoms with van der Waals surface area (Å²) in [5.74, 6) is -0.642. The predicted octanol–water partition coefficient (Wildman–Crippen LogP) is 0.727. The van der Waals surface area contributed by atoms with Crippen molar-refractivity contribution in [3.8, 4) is 0 Å². The summed E-state index contributed by atoms with van der Waals surface area (Å²) in [6, 6.07) is -0.622. The molecule has 0 aromatic carbocycles. The lowest BCUT2D eigenvalue weighted by atomic mass is 10.2. The zero-order valence-corrected chi connectivity index (χ0v) is 11.2. The molecule has 0 saturated heterocycles. The Bertz CT molecular complexity index is 452. The fraction of sp³-hybridized carbons (Fsp3) is 0.455. The van der Waals surface area contributed by atoms with Crippen LogP contribution in [-0.2, 0) is 4.79 Å². The second-order valence-electron chi connectivity index (χ2n) is 3.77. The van der Waals surface area contributed by atoms with Crippen LogP contribution in [-0.4, -0.2) is 46.3 Å². The van der Waals surface area contributed by atoms with Crippen molar-refractivity contribution in [2.45, 2.75) is 19.9 Å². The Hall–Kier alpha value is -1.69. The van der Waals surface area contributed by atoms with Crippen molar-refractivity contribution in [2.75, 3.05) is 13.6 Å². The Morgan fingerprint density at radius 2 is 2.17 bits per heavy atom. The molecular weight excluding hydrogens is 256 g/mol. The van der Waals surface area contributed by atoms with Crippen LogP contribution in [0.4, 0.5) is 0 Å². The molecule has 18 heavy (non-hydrogen) atoms. The number of hydrogen-bond acceptors (Lipinski definition) is 4. The standard InChI is InChI=1S/C11H15ClN4O2/c1-4-16(3)11(18)7(2)14-10(17)8-5-13-6-9(12)15-8/h5-7H,4H2,1-3H3,(H,14,17). The van der Waals surface area contributed by atoms with Crippen LogP contribution in [0.3, 0.4) is 0 Å². The second kappa shape index (κ2) is 6.30. The number of amides is 2. The minimum atomic E-state index is -0.622. The van der Waals surface area contributed by atoms with Gasteiger partial charge in [0.2, 0.25) is 5.91 Å². The highest BCUT2D eigenvalue weighted by atomic mass is 35.5. The predicted molar refractivity (Wildman–Crippen MR) is 67.3 cm³/mol. The summed E-state index contributed by atoms with van der Waals surface area (Å²) in [5, 5.41) is 2.68. The van der Waals surface area contributed by atoms with Crippen molar-refractivity contribution in [2.24, 2.45) is 0 Å². The zero-order chi connectivity index (χ0) is 13.7. The average Bonchev–Trinajstić information content (AvgIpc) is 2.36. The number of carbonyl (C=O) groups is 2. The van der Waals surface area contributed by atoms with Crippen molar-refractivity contribution in [1.82, 2.24) is 20.2 Å². The topological polar surface area (TPSA) is 75.2 Å². The minimum Gasteiger partial charge on any atom is -0.344 e. The summed E-state index contributed by atoms with van der Waals surface area (Å²) in [5.41, 5.74) is 0.0845. The molecule has 0 radical (unpaired) electrons. The molecule has 1 aromatic rings. The van der Waals surface area contributed by atoms with E-state index in [2.05, 4.69) is 15.3 Å². The number of carbonyl (C=O) groups excluding carboxylic acids is 2. The Morgan fingerprint density at radius 3 is 2.72 bits per heavy atom. The van der Waals surface area contributed by atoms with E-state index >= 15 is 0 Å². The van der Waals surface area contributed by atoms with E-state index in [-0.39, 0.29) is 16.8 Å². The summed E-state index contributed by atoms with van der Waals surface area (Å²) >= 11 is 5.63. The maximum absolute atomic E-state index is 11.8. The molecular formula is C11H15ClN4O2. The molecule has 0 aliphatic rings. The van der Waals surface area contributed by atoms with Crippen LogP contribution < -0.4 is 5.32 Å². The van der Waals surface area contributed by atoms with E-state index in [9.17, 15) is 9.59 Å². The first-order valence-electron chi connectivity index (χ1n) is 5.49. The van der Waals surface area contributed by atoms with Gasteiger partial charge in [0.25, 0.3) is 5.91 Å². The molecule has 98 valence electrons. The molecule has 7 heteroatoms. The van der Waals surface area contributed by atoms with Crippen LogP contribution in [0.25, 0.3) is 0 Å². The number of nitrogens with zero attached hydrogens (tertiary/aromatic N) is 3. The van der Waals surface area contributed by atoms with E-state index in [1.54, 1.807) is 14.0 Å². The summed E-state index contributed by atoms with van der Waals surface area (Å²) < 4.78 is 0. The molecule has 1 N–H and O–H groups in total. The molecule has 0 fully saturated rings. The number of hydrogen-bond donors (Lipinski definition) is 1. The Kier molecular flexibility index (Phi) is 5.03. The average molecular weight is 271 g/mol. The van der Waals surface area contributed by atoms with Crippen LogP contribution in [0.5, 0.6) is 0 Å². The second-order valence-corrected chi connectivity index (χ2v) is 4.16. The quantitative estimate of drug-likeness (QED) is 0.875. The van der Waals surface area contributed by atoms with E-state index in [1.807, 2.05) is 6.92 Å². The number of likely N-dealkylation sites (N-methyl/N-ethyl adjacent to an activating group) is 1. The highest BCUT2D eigenvalue weighted by Gasteiger charge is 2.19. The number of halogens is 1. The van der Waals surface area contributed by atoms with E-state index in [1.165, 1.54) is 17.3 Å². The molecule has 0 aliphatic carbocycles. The van der Waals surface area contributed by atoms with Crippen LogP contribution in [0.1, 0.15) is 24.3 Å². The van der Waals surface area contributed by atoms with Gasteiger partial charge in [0, 0.05) is 13.6 Å².